The van der Waals surface area contributed by atoms with Crippen molar-refractivity contribution in [1.82, 2.24) is 14.9 Å². The molecule has 0 N–H and O–H groups in total. The Labute approximate surface area is 171 Å². The molecule has 0 atom stereocenters. The molecule has 4 aromatic rings. The first kappa shape index (κ1) is 19.1. The van der Waals surface area contributed by atoms with Gasteiger partial charge < -0.3 is 13.7 Å². The Morgan fingerprint density at radius 2 is 1.97 bits per heavy atom. The molecule has 3 heterocycles. The number of benzene rings is 1. The third kappa shape index (κ3) is 4.27. The first-order valence-corrected chi connectivity index (χ1v) is 10.00. The van der Waals surface area contributed by atoms with Gasteiger partial charge in [0.05, 0.1) is 34.0 Å². The molecule has 0 radical (unpaired) electrons. The third-order valence-corrected chi connectivity index (χ3v) is 5.52. The van der Waals surface area contributed by atoms with Crippen molar-refractivity contribution < 1.29 is 18.5 Å². The van der Waals surface area contributed by atoms with E-state index in [0.717, 1.165) is 22.0 Å². The molecule has 3 aromatic heterocycles. The smallest absolute Gasteiger partial charge is 0.316 e. The Bertz CT molecular complexity index is 1100. The van der Waals surface area contributed by atoms with Gasteiger partial charge in [0.1, 0.15) is 12.3 Å². The zero-order chi connectivity index (χ0) is 20.2. The summed E-state index contributed by atoms with van der Waals surface area (Å²) < 4.78 is 17.6. The fourth-order valence-electron chi connectivity index (χ4n) is 2.90. The lowest BCUT2D eigenvalue weighted by Gasteiger charge is -2.05. The van der Waals surface area contributed by atoms with E-state index in [0.29, 0.717) is 17.2 Å². The number of aryl methyl sites for hydroxylation is 1. The van der Waals surface area contributed by atoms with Crippen molar-refractivity contribution in [1.29, 1.82) is 0 Å². The van der Waals surface area contributed by atoms with Crippen LogP contribution in [0.3, 0.4) is 0 Å². The maximum atomic E-state index is 12.2. The maximum Gasteiger partial charge on any atom is 0.316 e. The molecule has 0 unspecified atom stereocenters. The van der Waals surface area contributed by atoms with Gasteiger partial charge in [-0.2, -0.15) is 5.10 Å². The van der Waals surface area contributed by atoms with Gasteiger partial charge >= 0.3 is 5.97 Å². The highest BCUT2D eigenvalue weighted by Crippen LogP contribution is 2.28. The number of nitrogens with zero attached hydrogens (tertiary/aromatic N) is 3. The molecule has 0 aliphatic heterocycles. The zero-order valence-corrected chi connectivity index (χ0v) is 16.8. The van der Waals surface area contributed by atoms with E-state index in [2.05, 4.69) is 10.3 Å². The Balaban J connectivity index is 1.34. The number of rotatable bonds is 7. The lowest BCUT2D eigenvalue weighted by Crippen LogP contribution is -2.07. The highest BCUT2D eigenvalue weighted by molar-refractivity contribution is 8.00. The molecule has 1 aromatic carbocycles. The third-order valence-electron chi connectivity index (χ3n) is 4.26. The molecule has 29 heavy (non-hydrogen) atoms. The van der Waals surface area contributed by atoms with E-state index < -0.39 is 0 Å². The summed E-state index contributed by atoms with van der Waals surface area (Å²) in [5, 5.41) is 8.49. The van der Waals surface area contributed by atoms with Crippen LogP contribution in [0.4, 0.5) is 0 Å². The van der Waals surface area contributed by atoms with Crippen LogP contribution in [0.25, 0.3) is 17.2 Å². The predicted molar refractivity (Wildman–Crippen MR) is 108 cm³/mol. The van der Waals surface area contributed by atoms with Crippen LogP contribution < -0.4 is 0 Å². The van der Waals surface area contributed by atoms with Gasteiger partial charge in [-0.05, 0) is 38.1 Å². The number of ether oxygens (including phenoxy) is 1. The van der Waals surface area contributed by atoms with Crippen LogP contribution in [-0.4, -0.2) is 26.7 Å². The molecule has 148 valence electrons. The molecule has 0 amide bonds. The number of hydrogen-bond donors (Lipinski definition) is 0. The monoisotopic (exact) mass is 409 g/mol. The topological polar surface area (TPSA) is 83.3 Å². The van der Waals surface area contributed by atoms with Crippen LogP contribution in [0.2, 0.25) is 0 Å². The second kappa shape index (κ2) is 8.40. The van der Waals surface area contributed by atoms with Gasteiger partial charge in [-0.15, -0.1) is 11.8 Å². The molecule has 0 saturated carbocycles. The minimum atomic E-state index is -0.330. The van der Waals surface area contributed by atoms with Gasteiger partial charge in [0.15, 0.2) is 5.76 Å². The Morgan fingerprint density at radius 1 is 1.14 bits per heavy atom. The number of carbonyl (C=O) groups is 1. The van der Waals surface area contributed by atoms with Gasteiger partial charge in [-0.25, -0.2) is 4.68 Å². The second-order valence-electron chi connectivity index (χ2n) is 6.36. The van der Waals surface area contributed by atoms with E-state index in [-0.39, 0.29) is 18.3 Å². The summed E-state index contributed by atoms with van der Waals surface area (Å²) >= 11 is 1.42. The van der Waals surface area contributed by atoms with E-state index in [1.54, 1.807) is 24.5 Å². The molecule has 0 saturated heterocycles. The van der Waals surface area contributed by atoms with Crippen molar-refractivity contribution in [3.63, 3.8) is 0 Å². The molecule has 0 aliphatic rings. The molecule has 8 heteroatoms. The van der Waals surface area contributed by atoms with Gasteiger partial charge in [0.2, 0.25) is 5.76 Å². The van der Waals surface area contributed by atoms with E-state index in [1.165, 1.54) is 11.8 Å². The lowest BCUT2D eigenvalue weighted by molar-refractivity contribution is -0.141. The summed E-state index contributed by atoms with van der Waals surface area (Å²) in [6.45, 7) is 3.97. The van der Waals surface area contributed by atoms with Crippen molar-refractivity contribution in [2.45, 2.75) is 25.3 Å². The van der Waals surface area contributed by atoms with E-state index in [1.807, 2.05) is 48.9 Å². The average Bonchev–Trinajstić information content (AvgIpc) is 3.47. The first-order valence-electron chi connectivity index (χ1n) is 9.01. The summed E-state index contributed by atoms with van der Waals surface area (Å²) in [4.78, 5) is 13.2. The number of hydrogen-bond acceptors (Lipinski definition) is 7. The predicted octanol–water partition coefficient (Wildman–Crippen LogP) is 4.57. The fourth-order valence-corrected chi connectivity index (χ4v) is 3.79. The zero-order valence-electron chi connectivity index (χ0n) is 16.0. The van der Waals surface area contributed by atoms with Crippen molar-refractivity contribution in [3.8, 4) is 17.2 Å². The number of para-hydroxylation sites is 1. The summed E-state index contributed by atoms with van der Waals surface area (Å²) in [5.74, 6) is 0.927. The lowest BCUT2D eigenvalue weighted by atomic mass is 10.3. The molecular weight excluding hydrogens is 390 g/mol. The fraction of sp³-hybridized carbons (Fsp3) is 0.190. The standard InChI is InChI=1S/C21H19N3O4S/c1-14-21(15(2)24(22-14)17-7-4-3-5-8-17)29-13-20(25)27-12-16-11-19(28-23-16)18-9-6-10-26-18/h3-11H,12-13H2,1-2H3. The molecule has 0 aliphatic carbocycles. The average molecular weight is 409 g/mol. The molecule has 0 bridgehead atoms. The first-order chi connectivity index (χ1) is 14.1. The summed E-state index contributed by atoms with van der Waals surface area (Å²) in [6.07, 6.45) is 1.55. The van der Waals surface area contributed by atoms with Crippen molar-refractivity contribution in [2.24, 2.45) is 0 Å². The molecule has 7 nitrogen and oxygen atoms in total. The maximum absolute atomic E-state index is 12.2. The number of esters is 1. The molecule has 4 rings (SSSR count). The van der Waals surface area contributed by atoms with Crippen molar-refractivity contribution in [3.05, 3.63) is 71.9 Å². The van der Waals surface area contributed by atoms with Gasteiger partial charge in [0, 0.05) is 6.07 Å². The van der Waals surface area contributed by atoms with Crippen LogP contribution in [-0.2, 0) is 16.1 Å². The normalized spacial score (nSPS) is 11.0. The minimum absolute atomic E-state index is 0.0465. The summed E-state index contributed by atoms with van der Waals surface area (Å²) in [5.41, 5.74) is 3.38. The molecule has 0 fully saturated rings. The van der Waals surface area contributed by atoms with Gasteiger partial charge in [0.25, 0.3) is 0 Å². The quantitative estimate of drug-likeness (QED) is 0.326. The van der Waals surface area contributed by atoms with E-state index in [9.17, 15) is 4.79 Å². The number of aromatic nitrogens is 3. The SMILES string of the molecule is Cc1nn(-c2ccccc2)c(C)c1SCC(=O)OCc1cc(-c2ccco2)on1. The Morgan fingerprint density at radius 3 is 2.72 bits per heavy atom. The van der Waals surface area contributed by atoms with Gasteiger partial charge in [-0.1, -0.05) is 23.4 Å². The van der Waals surface area contributed by atoms with Crippen LogP contribution in [0.1, 0.15) is 17.1 Å². The second-order valence-corrected chi connectivity index (χ2v) is 7.34. The highest BCUT2D eigenvalue weighted by Gasteiger charge is 2.16. The minimum Gasteiger partial charge on any atom is -0.461 e. The highest BCUT2D eigenvalue weighted by atomic mass is 32.2. The van der Waals surface area contributed by atoms with Gasteiger partial charge in [-0.3, -0.25) is 4.79 Å². The summed E-state index contributed by atoms with van der Waals surface area (Å²) in [7, 11) is 0. The van der Waals surface area contributed by atoms with Crippen LogP contribution in [0.15, 0.2) is 68.6 Å². The van der Waals surface area contributed by atoms with Crippen LogP contribution >= 0.6 is 11.8 Å². The van der Waals surface area contributed by atoms with E-state index in [4.69, 9.17) is 13.7 Å². The Hall–Kier alpha value is -3.26. The van der Waals surface area contributed by atoms with Crippen molar-refractivity contribution in [2.75, 3.05) is 5.75 Å². The van der Waals surface area contributed by atoms with Crippen LogP contribution in [0.5, 0.6) is 0 Å². The molecule has 0 spiro atoms. The van der Waals surface area contributed by atoms with E-state index >= 15 is 0 Å². The summed E-state index contributed by atoms with van der Waals surface area (Å²) in [6, 6.07) is 15.1. The Kier molecular flexibility index (Phi) is 5.53. The number of furan rings is 1. The molecular formula is C21H19N3O4S. The number of carbonyl (C=O) groups excluding carboxylic acids is 1. The number of thioether (sulfide) groups is 1. The largest absolute Gasteiger partial charge is 0.461 e. The van der Waals surface area contributed by atoms with Crippen molar-refractivity contribution >= 4 is 17.7 Å². The van der Waals surface area contributed by atoms with Crippen LogP contribution in [0, 0.1) is 13.8 Å².